The number of aromatic nitrogens is 2. The molecule has 2 heterocycles. The molecule has 0 spiro atoms. The fraction of sp³-hybridized carbons (Fsp3) is 0.150. The van der Waals surface area contributed by atoms with Gasteiger partial charge in [-0.15, -0.1) is 0 Å². The highest BCUT2D eigenvalue weighted by Gasteiger charge is 2.33. The van der Waals surface area contributed by atoms with Crippen LogP contribution in [-0.2, 0) is 0 Å². The molecular formula is C20H13F2N5O2. The first-order chi connectivity index (χ1) is 14.0. The van der Waals surface area contributed by atoms with E-state index in [1.165, 1.54) is 11.1 Å². The Hall–Kier alpha value is -3.93. The maximum Gasteiger partial charge on any atom is 0.275 e. The summed E-state index contributed by atoms with van der Waals surface area (Å²) in [6.07, 6.45) is 1.24. The van der Waals surface area contributed by atoms with Gasteiger partial charge in [0.05, 0.1) is 40.5 Å². The minimum absolute atomic E-state index is 0.0556. The van der Waals surface area contributed by atoms with E-state index >= 15 is 0 Å². The highest BCUT2D eigenvalue weighted by molar-refractivity contribution is 6.04. The van der Waals surface area contributed by atoms with Gasteiger partial charge in [-0.25, -0.2) is 13.8 Å². The van der Waals surface area contributed by atoms with Crippen LogP contribution in [0.4, 0.5) is 14.5 Å². The third-order valence-electron chi connectivity index (χ3n) is 4.57. The summed E-state index contributed by atoms with van der Waals surface area (Å²) in [6.45, 7) is 0.362. The lowest BCUT2D eigenvalue weighted by Crippen LogP contribution is -2.49. The Labute approximate surface area is 163 Å². The molecule has 29 heavy (non-hydrogen) atoms. The molecule has 4 rings (SSSR count). The van der Waals surface area contributed by atoms with Crippen molar-refractivity contribution < 1.29 is 18.4 Å². The van der Waals surface area contributed by atoms with E-state index in [0.29, 0.717) is 17.1 Å². The molecule has 3 aromatic rings. The second kappa shape index (κ2) is 7.24. The first-order valence-corrected chi connectivity index (χ1v) is 8.67. The van der Waals surface area contributed by atoms with Crippen molar-refractivity contribution in [1.29, 1.82) is 5.26 Å². The van der Waals surface area contributed by atoms with Crippen molar-refractivity contribution in [3.8, 4) is 6.07 Å². The minimum atomic E-state index is -1.04. The van der Waals surface area contributed by atoms with Crippen LogP contribution in [-0.4, -0.2) is 39.8 Å². The highest BCUT2D eigenvalue weighted by Crippen LogP contribution is 2.24. The molecule has 9 heteroatoms. The van der Waals surface area contributed by atoms with Crippen LogP contribution in [0.2, 0.25) is 0 Å². The van der Waals surface area contributed by atoms with E-state index in [0.717, 1.165) is 6.07 Å². The Morgan fingerprint density at radius 3 is 2.59 bits per heavy atom. The number of likely N-dealkylation sites (tertiary alicyclic amines) is 1. The number of nitriles is 1. The molecular weight excluding hydrogens is 380 g/mol. The summed E-state index contributed by atoms with van der Waals surface area (Å²) in [5, 5.41) is 11.1. The summed E-state index contributed by atoms with van der Waals surface area (Å²) in [7, 11) is 0. The smallest absolute Gasteiger partial charge is 0.275 e. The molecule has 0 aliphatic carbocycles. The summed E-state index contributed by atoms with van der Waals surface area (Å²) in [4.78, 5) is 34.4. The molecule has 0 unspecified atom stereocenters. The Morgan fingerprint density at radius 2 is 1.86 bits per heavy atom. The SMILES string of the molecule is N#CC1CN(C(=O)c2cc(NC(=O)c3cnc4ccccc4n3)c(F)cc2F)C1. The van der Waals surface area contributed by atoms with E-state index < -0.39 is 23.4 Å². The van der Waals surface area contributed by atoms with E-state index in [-0.39, 0.29) is 36.0 Å². The van der Waals surface area contributed by atoms with Crippen molar-refractivity contribution in [2.24, 2.45) is 5.92 Å². The monoisotopic (exact) mass is 393 g/mol. The van der Waals surface area contributed by atoms with Gasteiger partial charge in [0.2, 0.25) is 0 Å². The van der Waals surface area contributed by atoms with Crippen molar-refractivity contribution in [2.45, 2.75) is 0 Å². The van der Waals surface area contributed by atoms with Crippen LogP contribution in [0.3, 0.4) is 0 Å². The molecule has 1 aliphatic heterocycles. The number of nitrogens with zero attached hydrogens (tertiary/aromatic N) is 4. The molecule has 0 atom stereocenters. The molecule has 1 aromatic heterocycles. The van der Waals surface area contributed by atoms with Gasteiger partial charge in [0.15, 0.2) is 0 Å². The molecule has 144 valence electrons. The quantitative estimate of drug-likeness (QED) is 0.738. The summed E-state index contributed by atoms with van der Waals surface area (Å²) >= 11 is 0. The zero-order valence-corrected chi connectivity index (χ0v) is 14.9. The van der Waals surface area contributed by atoms with Crippen LogP contribution in [0.1, 0.15) is 20.8 Å². The van der Waals surface area contributed by atoms with Gasteiger partial charge in [0.25, 0.3) is 11.8 Å². The van der Waals surface area contributed by atoms with Crippen molar-refractivity contribution >= 4 is 28.5 Å². The van der Waals surface area contributed by atoms with E-state index in [2.05, 4.69) is 15.3 Å². The average molecular weight is 393 g/mol. The fourth-order valence-corrected chi connectivity index (χ4v) is 2.96. The van der Waals surface area contributed by atoms with Crippen molar-refractivity contribution in [2.75, 3.05) is 18.4 Å². The lowest BCUT2D eigenvalue weighted by Gasteiger charge is -2.35. The highest BCUT2D eigenvalue weighted by atomic mass is 19.1. The van der Waals surface area contributed by atoms with Gasteiger partial charge in [-0.1, -0.05) is 12.1 Å². The average Bonchev–Trinajstić information content (AvgIpc) is 2.68. The third kappa shape index (κ3) is 3.48. The Balaban J connectivity index is 1.58. The topological polar surface area (TPSA) is 99.0 Å². The predicted octanol–water partition coefficient (Wildman–Crippen LogP) is 2.76. The largest absolute Gasteiger partial charge is 0.336 e. The molecule has 0 saturated carbocycles. The van der Waals surface area contributed by atoms with E-state index in [4.69, 9.17) is 5.26 Å². The lowest BCUT2D eigenvalue weighted by atomic mass is 10.0. The molecule has 1 aliphatic rings. The number of anilines is 1. The first-order valence-electron chi connectivity index (χ1n) is 8.67. The van der Waals surface area contributed by atoms with Gasteiger partial charge in [-0.05, 0) is 18.2 Å². The van der Waals surface area contributed by atoms with Crippen molar-refractivity contribution in [3.05, 3.63) is 65.5 Å². The lowest BCUT2D eigenvalue weighted by molar-refractivity contribution is 0.0572. The number of fused-ring (bicyclic) bond motifs is 1. The number of halogens is 2. The Morgan fingerprint density at radius 1 is 1.14 bits per heavy atom. The second-order valence-corrected chi connectivity index (χ2v) is 6.55. The molecule has 0 radical (unpaired) electrons. The number of nitrogens with one attached hydrogen (secondary N) is 1. The second-order valence-electron chi connectivity index (χ2n) is 6.55. The number of benzene rings is 2. The van der Waals surface area contributed by atoms with Crippen LogP contribution in [0, 0.1) is 28.9 Å². The zero-order valence-electron chi connectivity index (χ0n) is 14.9. The zero-order chi connectivity index (χ0) is 20.5. The van der Waals surface area contributed by atoms with E-state index in [9.17, 15) is 18.4 Å². The van der Waals surface area contributed by atoms with Crippen LogP contribution in [0.5, 0.6) is 0 Å². The van der Waals surface area contributed by atoms with Crippen molar-refractivity contribution in [1.82, 2.24) is 14.9 Å². The van der Waals surface area contributed by atoms with Gasteiger partial charge < -0.3 is 10.2 Å². The molecule has 1 saturated heterocycles. The molecule has 0 bridgehead atoms. The number of rotatable bonds is 3. The van der Waals surface area contributed by atoms with E-state index in [1.54, 1.807) is 24.3 Å². The molecule has 2 aromatic carbocycles. The number of hydrogen-bond acceptors (Lipinski definition) is 5. The van der Waals surface area contributed by atoms with Crippen LogP contribution >= 0.6 is 0 Å². The first kappa shape index (κ1) is 18.4. The summed E-state index contributed by atoms with van der Waals surface area (Å²) in [5.41, 5.74) is 0.283. The van der Waals surface area contributed by atoms with Crippen LogP contribution in [0.25, 0.3) is 11.0 Å². The number of carbonyl (C=O) groups is 2. The van der Waals surface area contributed by atoms with Gasteiger partial charge >= 0.3 is 0 Å². The van der Waals surface area contributed by atoms with Crippen LogP contribution < -0.4 is 5.32 Å². The standard InChI is InChI=1S/C20H13F2N5O2/c21-13-6-14(22)17(5-12(13)20(29)27-9-11(7-23)10-27)26-19(28)18-8-24-15-3-1-2-4-16(15)25-18/h1-6,8,11H,9-10H2,(H,26,28). The van der Waals surface area contributed by atoms with E-state index in [1.807, 2.05) is 6.07 Å². The van der Waals surface area contributed by atoms with Gasteiger partial charge in [0, 0.05) is 19.2 Å². The summed E-state index contributed by atoms with van der Waals surface area (Å²) in [6, 6.07) is 10.4. The van der Waals surface area contributed by atoms with Gasteiger partial charge in [-0.2, -0.15) is 5.26 Å². The predicted molar refractivity (Wildman–Crippen MR) is 98.9 cm³/mol. The summed E-state index contributed by atoms with van der Waals surface area (Å²) in [5.74, 6) is -3.79. The normalized spacial score (nSPS) is 13.6. The maximum atomic E-state index is 14.2. The Bertz CT molecular complexity index is 1190. The number of amides is 2. The Kier molecular flexibility index (Phi) is 4.60. The molecule has 7 nitrogen and oxygen atoms in total. The van der Waals surface area contributed by atoms with Crippen LogP contribution in [0.15, 0.2) is 42.6 Å². The van der Waals surface area contributed by atoms with Crippen molar-refractivity contribution in [3.63, 3.8) is 0 Å². The molecule has 1 N–H and O–H groups in total. The van der Waals surface area contributed by atoms with Gasteiger partial charge in [-0.3, -0.25) is 14.6 Å². The maximum absolute atomic E-state index is 14.2. The number of para-hydroxylation sites is 2. The fourth-order valence-electron chi connectivity index (χ4n) is 2.96. The number of hydrogen-bond donors (Lipinski definition) is 1. The molecule has 1 fully saturated rings. The minimum Gasteiger partial charge on any atom is -0.336 e. The number of carbonyl (C=O) groups excluding carboxylic acids is 2. The summed E-state index contributed by atoms with van der Waals surface area (Å²) < 4.78 is 28.3. The third-order valence-corrected chi connectivity index (χ3v) is 4.57. The van der Waals surface area contributed by atoms with Gasteiger partial charge in [0.1, 0.15) is 17.3 Å². The molecule has 2 amide bonds.